The Bertz CT molecular complexity index is 542. The van der Waals surface area contributed by atoms with Crippen molar-refractivity contribution >= 4 is 23.6 Å². The number of fused-ring (bicyclic) bond motifs is 1. The SMILES string of the molecule is CC(C)c1cccc2c1CCN(C(=O)CSCC(=O)O)C2. The van der Waals surface area contributed by atoms with E-state index in [1.807, 2.05) is 4.90 Å². The summed E-state index contributed by atoms with van der Waals surface area (Å²) >= 11 is 1.16. The van der Waals surface area contributed by atoms with Gasteiger partial charge in [-0.05, 0) is 29.0 Å². The monoisotopic (exact) mass is 307 g/mol. The molecule has 0 aromatic heterocycles. The van der Waals surface area contributed by atoms with Gasteiger partial charge in [-0.2, -0.15) is 0 Å². The molecule has 0 spiro atoms. The smallest absolute Gasteiger partial charge is 0.313 e. The van der Waals surface area contributed by atoms with Crippen molar-refractivity contribution < 1.29 is 14.7 Å². The van der Waals surface area contributed by atoms with E-state index in [9.17, 15) is 9.59 Å². The highest BCUT2D eigenvalue weighted by Gasteiger charge is 2.22. The van der Waals surface area contributed by atoms with Crippen molar-refractivity contribution in [3.05, 3.63) is 34.9 Å². The van der Waals surface area contributed by atoms with E-state index >= 15 is 0 Å². The maximum absolute atomic E-state index is 12.1. The molecule has 0 fully saturated rings. The van der Waals surface area contributed by atoms with E-state index in [1.165, 1.54) is 16.7 Å². The van der Waals surface area contributed by atoms with Gasteiger partial charge in [-0.3, -0.25) is 9.59 Å². The molecule has 114 valence electrons. The second kappa shape index (κ2) is 6.98. The molecule has 0 aliphatic carbocycles. The number of carbonyl (C=O) groups excluding carboxylic acids is 1. The van der Waals surface area contributed by atoms with Crippen LogP contribution in [0.3, 0.4) is 0 Å². The normalized spacial score (nSPS) is 14.1. The molecule has 0 bridgehead atoms. The van der Waals surface area contributed by atoms with Gasteiger partial charge in [-0.25, -0.2) is 0 Å². The van der Waals surface area contributed by atoms with Crippen LogP contribution < -0.4 is 0 Å². The fourth-order valence-electron chi connectivity index (χ4n) is 2.71. The van der Waals surface area contributed by atoms with E-state index in [4.69, 9.17) is 5.11 Å². The molecular weight excluding hydrogens is 286 g/mol. The van der Waals surface area contributed by atoms with Crippen LogP contribution in [0.15, 0.2) is 18.2 Å². The third-order valence-corrected chi connectivity index (χ3v) is 4.63. The zero-order valence-electron chi connectivity index (χ0n) is 12.5. The Balaban J connectivity index is 2.01. The Morgan fingerprint density at radius 1 is 1.33 bits per heavy atom. The van der Waals surface area contributed by atoms with Gasteiger partial charge in [0.15, 0.2) is 0 Å². The Hall–Kier alpha value is -1.49. The molecule has 1 heterocycles. The highest BCUT2D eigenvalue weighted by molar-refractivity contribution is 8.00. The molecule has 0 saturated heterocycles. The lowest BCUT2D eigenvalue weighted by molar-refractivity contribution is -0.133. The van der Waals surface area contributed by atoms with Gasteiger partial charge in [-0.1, -0.05) is 32.0 Å². The standard InChI is InChI=1S/C16H21NO3S/c1-11(2)13-5-3-4-12-8-17(7-6-14(12)13)15(18)9-21-10-16(19)20/h3-5,11H,6-10H2,1-2H3,(H,19,20). The molecule has 5 heteroatoms. The second-order valence-corrected chi connectivity index (χ2v) is 6.58. The maximum atomic E-state index is 12.1. The number of nitrogens with zero attached hydrogens (tertiary/aromatic N) is 1. The molecule has 1 aromatic rings. The number of carboxylic acids is 1. The lowest BCUT2D eigenvalue weighted by Gasteiger charge is -2.31. The summed E-state index contributed by atoms with van der Waals surface area (Å²) in [4.78, 5) is 24.4. The molecule has 0 unspecified atom stereocenters. The highest BCUT2D eigenvalue weighted by atomic mass is 32.2. The summed E-state index contributed by atoms with van der Waals surface area (Å²) in [6.45, 7) is 5.75. The average molecular weight is 307 g/mol. The summed E-state index contributed by atoms with van der Waals surface area (Å²) in [5.74, 6) is -0.132. The Labute approximate surface area is 129 Å². The van der Waals surface area contributed by atoms with E-state index in [0.29, 0.717) is 12.5 Å². The van der Waals surface area contributed by atoms with Gasteiger partial charge in [0.1, 0.15) is 0 Å². The van der Waals surface area contributed by atoms with Crippen LogP contribution in [0.25, 0.3) is 0 Å². The number of hydrogen-bond acceptors (Lipinski definition) is 3. The quantitative estimate of drug-likeness (QED) is 0.908. The van der Waals surface area contributed by atoms with Gasteiger partial charge >= 0.3 is 5.97 Å². The summed E-state index contributed by atoms with van der Waals surface area (Å²) in [7, 11) is 0. The van der Waals surface area contributed by atoms with Crippen LogP contribution in [0.1, 0.15) is 36.5 Å². The number of benzene rings is 1. The molecule has 0 saturated carbocycles. The van der Waals surface area contributed by atoms with Crippen molar-refractivity contribution in [2.24, 2.45) is 0 Å². The van der Waals surface area contributed by atoms with E-state index in [0.717, 1.165) is 24.7 Å². The fourth-order valence-corrected chi connectivity index (χ4v) is 3.34. The van der Waals surface area contributed by atoms with Crippen LogP contribution in [0.5, 0.6) is 0 Å². The number of carboxylic acid groups (broad SMARTS) is 1. The first-order valence-corrected chi connectivity index (χ1v) is 8.32. The summed E-state index contributed by atoms with van der Waals surface area (Å²) < 4.78 is 0. The minimum Gasteiger partial charge on any atom is -0.481 e. The predicted molar refractivity (Wildman–Crippen MR) is 84.6 cm³/mol. The van der Waals surface area contributed by atoms with Gasteiger partial charge in [0.05, 0.1) is 11.5 Å². The molecule has 1 aromatic carbocycles. The van der Waals surface area contributed by atoms with Crippen molar-refractivity contribution in [3.63, 3.8) is 0 Å². The number of thioether (sulfide) groups is 1. The third kappa shape index (κ3) is 4.00. The molecule has 21 heavy (non-hydrogen) atoms. The first-order valence-electron chi connectivity index (χ1n) is 7.17. The van der Waals surface area contributed by atoms with Gasteiger partial charge in [0.25, 0.3) is 0 Å². The number of rotatable bonds is 5. The van der Waals surface area contributed by atoms with Gasteiger partial charge in [-0.15, -0.1) is 11.8 Å². The zero-order chi connectivity index (χ0) is 15.4. The number of hydrogen-bond donors (Lipinski definition) is 1. The van der Waals surface area contributed by atoms with Crippen molar-refractivity contribution in [1.29, 1.82) is 0 Å². The first kappa shape index (κ1) is 15.9. The second-order valence-electron chi connectivity index (χ2n) is 5.59. The Kier molecular flexibility index (Phi) is 5.28. The van der Waals surface area contributed by atoms with Crippen LogP contribution in [0.2, 0.25) is 0 Å². The van der Waals surface area contributed by atoms with Crippen LogP contribution in [0.4, 0.5) is 0 Å². The van der Waals surface area contributed by atoms with E-state index in [1.54, 1.807) is 0 Å². The molecule has 2 rings (SSSR count). The molecule has 1 aliphatic rings. The van der Waals surface area contributed by atoms with Crippen LogP contribution in [-0.4, -0.2) is 39.9 Å². The number of carbonyl (C=O) groups is 2. The molecule has 4 nitrogen and oxygen atoms in total. The van der Waals surface area contributed by atoms with Crippen molar-refractivity contribution in [1.82, 2.24) is 4.90 Å². The van der Waals surface area contributed by atoms with E-state index in [-0.39, 0.29) is 17.4 Å². The minimum atomic E-state index is -0.877. The van der Waals surface area contributed by atoms with Crippen LogP contribution >= 0.6 is 11.8 Å². The molecule has 1 amide bonds. The van der Waals surface area contributed by atoms with Crippen LogP contribution in [-0.2, 0) is 22.6 Å². The van der Waals surface area contributed by atoms with Crippen molar-refractivity contribution in [2.75, 3.05) is 18.1 Å². The average Bonchev–Trinajstić information content (AvgIpc) is 2.45. The van der Waals surface area contributed by atoms with Gasteiger partial charge in [0.2, 0.25) is 5.91 Å². The van der Waals surface area contributed by atoms with Crippen molar-refractivity contribution in [3.8, 4) is 0 Å². The summed E-state index contributed by atoms with van der Waals surface area (Å²) in [6.07, 6.45) is 0.888. The third-order valence-electron chi connectivity index (χ3n) is 3.73. The zero-order valence-corrected chi connectivity index (χ0v) is 13.3. The fraction of sp³-hybridized carbons (Fsp3) is 0.500. The number of aliphatic carboxylic acids is 1. The van der Waals surface area contributed by atoms with E-state index in [2.05, 4.69) is 32.0 Å². The van der Waals surface area contributed by atoms with Crippen molar-refractivity contribution in [2.45, 2.75) is 32.7 Å². The van der Waals surface area contributed by atoms with Gasteiger partial charge in [0, 0.05) is 13.1 Å². The van der Waals surface area contributed by atoms with E-state index < -0.39 is 5.97 Å². The molecule has 1 N–H and O–H groups in total. The number of amides is 1. The summed E-state index contributed by atoms with van der Waals surface area (Å²) in [5.41, 5.74) is 3.98. The molecule has 0 radical (unpaired) electrons. The first-order chi connectivity index (χ1) is 9.99. The Morgan fingerprint density at radius 3 is 2.76 bits per heavy atom. The lowest BCUT2D eigenvalue weighted by Crippen LogP contribution is -2.37. The molecule has 0 atom stereocenters. The van der Waals surface area contributed by atoms with Crippen LogP contribution in [0, 0.1) is 0 Å². The molecular formula is C16H21NO3S. The summed E-state index contributed by atoms with van der Waals surface area (Å²) in [6, 6.07) is 6.32. The van der Waals surface area contributed by atoms with Gasteiger partial charge < -0.3 is 10.0 Å². The molecule has 1 aliphatic heterocycles. The predicted octanol–water partition coefficient (Wildman–Crippen LogP) is 2.51. The topological polar surface area (TPSA) is 57.6 Å². The highest BCUT2D eigenvalue weighted by Crippen LogP contribution is 2.27. The maximum Gasteiger partial charge on any atom is 0.313 e. The largest absolute Gasteiger partial charge is 0.481 e. The Morgan fingerprint density at radius 2 is 2.10 bits per heavy atom. The lowest BCUT2D eigenvalue weighted by atomic mass is 9.89. The minimum absolute atomic E-state index is 0.0202. The summed E-state index contributed by atoms with van der Waals surface area (Å²) in [5, 5.41) is 8.60.